The monoisotopic (exact) mass is 529 g/mol. The van der Waals surface area contributed by atoms with Crippen LogP contribution in [0.4, 0.5) is 18.9 Å². The zero-order chi connectivity index (χ0) is 26.0. The third-order valence-electron chi connectivity index (χ3n) is 5.54. The summed E-state index contributed by atoms with van der Waals surface area (Å²) in [6, 6.07) is 16.1. The molecule has 0 aliphatic carbocycles. The Balaban J connectivity index is 1.64. The number of alkyl halides is 4. The summed E-state index contributed by atoms with van der Waals surface area (Å²) >= 11 is 11.6. The predicted molar refractivity (Wildman–Crippen MR) is 137 cm³/mol. The van der Waals surface area contributed by atoms with E-state index in [2.05, 4.69) is 16.9 Å². The minimum absolute atomic E-state index is 0.246. The van der Waals surface area contributed by atoms with Gasteiger partial charge in [0.2, 0.25) is 0 Å². The maximum atomic E-state index is 13.3. The van der Waals surface area contributed by atoms with Gasteiger partial charge in [-0.1, -0.05) is 41.9 Å². The predicted octanol–water partition coefficient (Wildman–Crippen LogP) is 7.91. The van der Waals surface area contributed by atoms with Crippen molar-refractivity contribution in [2.45, 2.75) is 19.0 Å². The molecule has 4 rings (SSSR count). The minimum Gasteiger partial charge on any atom is -0.321 e. The normalized spacial score (nSPS) is 11.4. The standard InChI is InChI=1S/C27H20Cl2F3N3O/c1-16-6-9-24(34-26(36)19-5-3-4-18(11-19)13-28)21(10-16)17(2)25-14-35(15-33-25)20-7-8-23(29)22(12-20)27(30,31)32/h3-12,14-15H,2,13H2,1H3,(H,34,36). The van der Waals surface area contributed by atoms with Crippen LogP contribution in [0.5, 0.6) is 0 Å². The average molecular weight is 530 g/mol. The number of benzene rings is 3. The van der Waals surface area contributed by atoms with Crippen molar-refractivity contribution in [3.8, 4) is 5.69 Å². The van der Waals surface area contributed by atoms with Crippen molar-refractivity contribution < 1.29 is 18.0 Å². The number of nitrogens with zero attached hydrogens (tertiary/aromatic N) is 2. The summed E-state index contributed by atoms with van der Waals surface area (Å²) in [7, 11) is 0. The Morgan fingerprint density at radius 3 is 2.61 bits per heavy atom. The van der Waals surface area contributed by atoms with Gasteiger partial charge in [0.05, 0.1) is 22.6 Å². The van der Waals surface area contributed by atoms with Gasteiger partial charge in [-0.3, -0.25) is 4.79 Å². The first-order valence-corrected chi connectivity index (χ1v) is 11.7. The lowest BCUT2D eigenvalue weighted by molar-refractivity contribution is -0.137. The number of anilines is 1. The SMILES string of the molecule is C=C(c1cn(-c2ccc(Cl)c(C(F)(F)F)c2)cn1)c1cc(C)ccc1NC(=O)c1cccc(CCl)c1. The molecule has 0 aliphatic rings. The first kappa shape index (κ1) is 25.5. The van der Waals surface area contributed by atoms with E-state index >= 15 is 0 Å². The Morgan fingerprint density at radius 2 is 1.89 bits per heavy atom. The van der Waals surface area contributed by atoms with Crippen LogP contribution < -0.4 is 5.32 Å². The molecule has 4 aromatic rings. The molecule has 1 aromatic heterocycles. The second kappa shape index (κ2) is 10.2. The highest BCUT2D eigenvalue weighted by Gasteiger charge is 2.33. The van der Waals surface area contributed by atoms with Crippen LogP contribution in [0, 0.1) is 6.92 Å². The van der Waals surface area contributed by atoms with Crippen LogP contribution in [0.15, 0.2) is 79.8 Å². The van der Waals surface area contributed by atoms with Gasteiger partial charge < -0.3 is 9.88 Å². The van der Waals surface area contributed by atoms with E-state index in [4.69, 9.17) is 23.2 Å². The van der Waals surface area contributed by atoms with Crippen LogP contribution in [0.1, 0.15) is 38.3 Å². The summed E-state index contributed by atoms with van der Waals surface area (Å²) in [5.74, 6) is -0.0275. The van der Waals surface area contributed by atoms with Gasteiger partial charge in [0.25, 0.3) is 5.91 Å². The molecule has 0 bridgehead atoms. The Morgan fingerprint density at radius 1 is 1.11 bits per heavy atom. The Hall–Kier alpha value is -3.55. The number of amides is 1. The van der Waals surface area contributed by atoms with Crippen molar-refractivity contribution in [3.63, 3.8) is 0 Å². The van der Waals surface area contributed by atoms with Crippen LogP contribution in [-0.2, 0) is 12.1 Å². The molecule has 0 spiro atoms. The van der Waals surface area contributed by atoms with Gasteiger partial charge in [0.15, 0.2) is 0 Å². The second-order valence-electron chi connectivity index (χ2n) is 8.14. The molecule has 4 nitrogen and oxygen atoms in total. The molecule has 36 heavy (non-hydrogen) atoms. The Labute approximate surface area is 216 Å². The zero-order valence-electron chi connectivity index (χ0n) is 19.0. The molecule has 1 heterocycles. The molecule has 0 aliphatic heterocycles. The fourth-order valence-corrected chi connectivity index (χ4v) is 4.05. The van der Waals surface area contributed by atoms with Crippen LogP contribution in [0.3, 0.4) is 0 Å². The van der Waals surface area contributed by atoms with Gasteiger partial charge in [-0.05, 0) is 55.0 Å². The van der Waals surface area contributed by atoms with Crippen molar-refractivity contribution in [1.29, 1.82) is 0 Å². The van der Waals surface area contributed by atoms with Crippen LogP contribution in [0.25, 0.3) is 11.3 Å². The lowest BCUT2D eigenvalue weighted by Crippen LogP contribution is -2.13. The zero-order valence-corrected chi connectivity index (χ0v) is 20.5. The number of carbonyl (C=O) groups excluding carboxylic acids is 1. The smallest absolute Gasteiger partial charge is 0.321 e. The lowest BCUT2D eigenvalue weighted by atomic mass is 10.00. The van der Waals surface area contributed by atoms with Gasteiger partial charge >= 0.3 is 6.18 Å². The van der Waals surface area contributed by atoms with E-state index in [0.717, 1.165) is 17.2 Å². The van der Waals surface area contributed by atoms with E-state index in [0.29, 0.717) is 28.1 Å². The third kappa shape index (κ3) is 5.48. The molecule has 0 unspecified atom stereocenters. The maximum Gasteiger partial charge on any atom is 0.417 e. The highest BCUT2D eigenvalue weighted by Crippen LogP contribution is 2.36. The van der Waals surface area contributed by atoms with Crippen LogP contribution in [-0.4, -0.2) is 15.5 Å². The molecule has 0 radical (unpaired) electrons. The van der Waals surface area contributed by atoms with E-state index in [1.54, 1.807) is 30.5 Å². The van der Waals surface area contributed by atoms with Crippen molar-refractivity contribution in [1.82, 2.24) is 9.55 Å². The fraction of sp³-hybridized carbons (Fsp3) is 0.111. The third-order valence-corrected chi connectivity index (χ3v) is 6.18. The second-order valence-corrected chi connectivity index (χ2v) is 8.82. The first-order valence-electron chi connectivity index (χ1n) is 10.7. The summed E-state index contributed by atoms with van der Waals surface area (Å²) in [5, 5.41) is 2.53. The lowest BCUT2D eigenvalue weighted by Gasteiger charge is -2.14. The van der Waals surface area contributed by atoms with Gasteiger partial charge in [0.1, 0.15) is 0 Å². The topological polar surface area (TPSA) is 46.9 Å². The summed E-state index contributed by atoms with van der Waals surface area (Å²) in [4.78, 5) is 17.2. The van der Waals surface area contributed by atoms with Gasteiger partial charge in [-0.2, -0.15) is 13.2 Å². The summed E-state index contributed by atoms with van der Waals surface area (Å²) < 4.78 is 41.3. The number of hydrogen-bond acceptors (Lipinski definition) is 2. The molecule has 0 atom stereocenters. The molecule has 0 saturated heterocycles. The Kier molecular flexibility index (Phi) is 7.24. The molecular formula is C27H20Cl2F3N3O. The van der Waals surface area contributed by atoms with Gasteiger partial charge in [-0.25, -0.2) is 4.98 Å². The fourth-order valence-electron chi connectivity index (χ4n) is 3.66. The number of aryl methyl sites for hydroxylation is 1. The Bertz CT molecular complexity index is 1460. The largest absolute Gasteiger partial charge is 0.417 e. The van der Waals surface area contributed by atoms with E-state index < -0.39 is 11.7 Å². The first-order chi connectivity index (χ1) is 17.1. The van der Waals surface area contributed by atoms with E-state index in [9.17, 15) is 18.0 Å². The van der Waals surface area contributed by atoms with Gasteiger partial charge in [-0.15, -0.1) is 11.6 Å². The molecule has 1 N–H and O–H groups in total. The van der Waals surface area contributed by atoms with Gasteiger partial charge in [0, 0.05) is 40.2 Å². The van der Waals surface area contributed by atoms with Crippen LogP contribution in [0.2, 0.25) is 5.02 Å². The average Bonchev–Trinajstić information content (AvgIpc) is 3.34. The molecular weight excluding hydrogens is 510 g/mol. The summed E-state index contributed by atoms with van der Waals surface area (Å²) in [5.41, 5.74) is 3.60. The van der Waals surface area contributed by atoms with Crippen LogP contribution >= 0.6 is 23.2 Å². The molecule has 0 saturated carbocycles. The minimum atomic E-state index is -4.59. The number of nitrogens with one attached hydrogen (secondary N) is 1. The molecule has 3 aromatic carbocycles. The van der Waals surface area contributed by atoms with E-state index in [-0.39, 0.29) is 22.5 Å². The highest BCUT2D eigenvalue weighted by molar-refractivity contribution is 6.31. The van der Waals surface area contributed by atoms with Crippen molar-refractivity contribution in [2.24, 2.45) is 0 Å². The summed E-state index contributed by atoms with van der Waals surface area (Å²) in [6.07, 6.45) is -1.61. The van der Waals surface area contributed by atoms with E-state index in [1.807, 2.05) is 25.1 Å². The summed E-state index contributed by atoms with van der Waals surface area (Å²) in [6.45, 7) is 6.04. The highest BCUT2D eigenvalue weighted by atomic mass is 35.5. The molecule has 9 heteroatoms. The molecule has 1 amide bonds. The number of halogens is 5. The number of carbonyl (C=O) groups is 1. The number of hydrogen-bond donors (Lipinski definition) is 1. The molecule has 0 fully saturated rings. The molecule has 184 valence electrons. The number of rotatable bonds is 6. The van der Waals surface area contributed by atoms with Crippen molar-refractivity contribution in [2.75, 3.05) is 5.32 Å². The van der Waals surface area contributed by atoms with Crippen molar-refractivity contribution in [3.05, 3.63) is 118 Å². The van der Waals surface area contributed by atoms with E-state index in [1.165, 1.54) is 23.0 Å². The maximum absolute atomic E-state index is 13.3. The number of aromatic nitrogens is 2. The van der Waals surface area contributed by atoms with Crippen molar-refractivity contribution >= 4 is 40.4 Å². The quantitative estimate of drug-likeness (QED) is 0.258. The number of imidazole rings is 1.